The maximum Gasteiger partial charge on any atom is 0.265 e. The van der Waals surface area contributed by atoms with Crippen molar-refractivity contribution < 1.29 is 14.4 Å². The lowest BCUT2D eigenvalue weighted by Crippen LogP contribution is -2.38. The topological polar surface area (TPSA) is 78.5 Å². The number of nitrogens with zero attached hydrogens (tertiary/aromatic N) is 1. The van der Waals surface area contributed by atoms with Gasteiger partial charge in [0.05, 0.1) is 4.88 Å². The number of rotatable bonds is 8. The van der Waals surface area contributed by atoms with Gasteiger partial charge in [0.2, 0.25) is 5.91 Å². The number of benzene rings is 2. The molecule has 0 aliphatic carbocycles. The van der Waals surface area contributed by atoms with Gasteiger partial charge in [-0.3, -0.25) is 14.4 Å². The zero-order chi connectivity index (χ0) is 22.2. The van der Waals surface area contributed by atoms with Gasteiger partial charge < -0.3 is 15.5 Å². The lowest BCUT2D eigenvalue weighted by Gasteiger charge is -2.22. The standard InChI is InChI=1S/C24H25N3O3S/c1-3-14-27(16-22(28)26-20-8-5-4-7-17(20)2)24(30)18-10-12-19(13-11-18)25-23(29)21-9-6-15-31-21/h4-13,15H,3,14,16H2,1-2H3,(H,25,29)(H,26,28). The molecule has 3 rings (SSSR count). The summed E-state index contributed by atoms with van der Waals surface area (Å²) in [5, 5.41) is 7.52. The fourth-order valence-corrected chi connectivity index (χ4v) is 3.70. The minimum absolute atomic E-state index is 0.0299. The Morgan fingerprint density at radius 3 is 2.32 bits per heavy atom. The smallest absolute Gasteiger partial charge is 0.265 e. The van der Waals surface area contributed by atoms with Crippen LogP contribution in [0.5, 0.6) is 0 Å². The fourth-order valence-electron chi connectivity index (χ4n) is 3.08. The minimum atomic E-state index is -0.240. The van der Waals surface area contributed by atoms with Gasteiger partial charge in [0, 0.05) is 23.5 Å². The van der Waals surface area contributed by atoms with Crippen molar-refractivity contribution in [2.24, 2.45) is 0 Å². The summed E-state index contributed by atoms with van der Waals surface area (Å²) in [5.74, 6) is -0.650. The average Bonchev–Trinajstić information content (AvgIpc) is 3.30. The Morgan fingerprint density at radius 2 is 1.68 bits per heavy atom. The van der Waals surface area contributed by atoms with E-state index in [0.717, 1.165) is 17.7 Å². The van der Waals surface area contributed by atoms with Crippen molar-refractivity contribution in [3.63, 3.8) is 0 Å². The zero-order valence-electron chi connectivity index (χ0n) is 17.6. The number of aryl methyl sites for hydroxylation is 1. The molecule has 0 atom stereocenters. The molecular formula is C24H25N3O3S. The van der Waals surface area contributed by atoms with Crippen LogP contribution in [0.4, 0.5) is 11.4 Å². The number of hydrogen-bond acceptors (Lipinski definition) is 4. The van der Waals surface area contributed by atoms with Crippen LogP contribution in [-0.2, 0) is 4.79 Å². The maximum absolute atomic E-state index is 13.0. The van der Waals surface area contributed by atoms with Crippen molar-refractivity contribution in [2.45, 2.75) is 20.3 Å². The molecule has 0 bridgehead atoms. The molecule has 3 amide bonds. The number of hydrogen-bond donors (Lipinski definition) is 2. The highest BCUT2D eigenvalue weighted by Crippen LogP contribution is 2.16. The first-order valence-corrected chi connectivity index (χ1v) is 11.0. The summed E-state index contributed by atoms with van der Waals surface area (Å²) in [4.78, 5) is 39.8. The second kappa shape index (κ2) is 10.5. The van der Waals surface area contributed by atoms with Crippen LogP contribution in [0.3, 0.4) is 0 Å². The van der Waals surface area contributed by atoms with Crippen molar-refractivity contribution in [3.05, 3.63) is 82.0 Å². The molecular weight excluding hydrogens is 410 g/mol. The van der Waals surface area contributed by atoms with E-state index >= 15 is 0 Å². The second-order valence-corrected chi connectivity index (χ2v) is 8.05. The molecule has 2 N–H and O–H groups in total. The highest BCUT2D eigenvalue weighted by atomic mass is 32.1. The SMILES string of the molecule is CCCN(CC(=O)Nc1ccccc1C)C(=O)c1ccc(NC(=O)c2cccs2)cc1. The first-order chi connectivity index (χ1) is 15.0. The van der Waals surface area contributed by atoms with Crippen molar-refractivity contribution >= 4 is 40.4 Å². The predicted molar refractivity (Wildman–Crippen MR) is 125 cm³/mol. The van der Waals surface area contributed by atoms with Crippen molar-refractivity contribution in [3.8, 4) is 0 Å². The van der Waals surface area contributed by atoms with E-state index in [-0.39, 0.29) is 24.3 Å². The van der Waals surface area contributed by atoms with Crippen LogP contribution in [0, 0.1) is 6.92 Å². The second-order valence-electron chi connectivity index (χ2n) is 7.10. The lowest BCUT2D eigenvalue weighted by molar-refractivity contribution is -0.116. The Hall–Kier alpha value is -3.45. The number of carbonyl (C=O) groups excluding carboxylic acids is 3. The molecule has 0 unspecified atom stereocenters. The van der Waals surface area contributed by atoms with Crippen molar-refractivity contribution in [1.29, 1.82) is 0 Å². The van der Waals surface area contributed by atoms with Gasteiger partial charge in [-0.15, -0.1) is 11.3 Å². The highest BCUT2D eigenvalue weighted by molar-refractivity contribution is 7.12. The summed E-state index contributed by atoms with van der Waals surface area (Å²) < 4.78 is 0. The zero-order valence-corrected chi connectivity index (χ0v) is 18.4. The van der Waals surface area contributed by atoms with Crippen LogP contribution in [0.15, 0.2) is 66.0 Å². The third-order valence-electron chi connectivity index (χ3n) is 4.67. The molecule has 1 aromatic heterocycles. The van der Waals surface area contributed by atoms with E-state index in [1.165, 1.54) is 16.2 Å². The molecule has 0 aliphatic rings. The number of nitrogens with one attached hydrogen (secondary N) is 2. The quantitative estimate of drug-likeness (QED) is 0.533. The molecule has 7 heteroatoms. The molecule has 0 saturated heterocycles. The monoisotopic (exact) mass is 435 g/mol. The summed E-state index contributed by atoms with van der Waals surface area (Å²) in [6.45, 7) is 4.32. The van der Waals surface area contributed by atoms with E-state index < -0.39 is 0 Å². The van der Waals surface area contributed by atoms with Gasteiger partial charge in [-0.25, -0.2) is 0 Å². The number of amides is 3. The molecule has 0 aliphatic heterocycles. The first kappa shape index (κ1) is 22.2. The van der Waals surface area contributed by atoms with E-state index in [0.29, 0.717) is 22.7 Å². The molecule has 0 saturated carbocycles. The third-order valence-corrected chi connectivity index (χ3v) is 5.54. The van der Waals surface area contributed by atoms with Crippen molar-refractivity contribution in [1.82, 2.24) is 4.90 Å². The Morgan fingerprint density at radius 1 is 0.935 bits per heavy atom. The molecule has 0 fully saturated rings. The largest absolute Gasteiger partial charge is 0.329 e. The molecule has 0 spiro atoms. The summed E-state index contributed by atoms with van der Waals surface area (Å²) in [5.41, 5.74) is 2.77. The summed E-state index contributed by atoms with van der Waals surface area (Å²) >= 11 is 1.36. The minimum Gasteiger partial charge on any atom is -0.329 e. The van der Waals surface area contributed by atoms with Crippen LogP contribution in [0.25, 0.3) is 0 Å². The Bertz CT molecular complexity index is 1050. The molecule has 6 nitrogen and oxygen atoms in total. The maximum atomic E-state index is 13.0. The number of carbonyl (C=O) groups is 3. The van der Waals surface area contributed by atoms with Crippen LogP contribution >= 0.6 is 11.3 Å². The summed E-state index contributed by atoms with van der Waals surface area (Å²) in [6.07, 6.45) is 0.734. The fraction of sp³-hybridized carbons (Fsp3) is 0.208. The normalized spacial score (nSPS) is 10.4. The molecule has 1 heterocycles. The first-order valence-electron chi connectivity index (χ1n) is 10.1. The van der Waals surface area contributed by atoms with E-state index in [2.05, 4.69) is 10.6 Å². The lowest BCUT2D eigenvalue weighted by atomic mass is 10.1. The Kier molecular flexibility index (Phi) is 7.56. The molecule has 31 heavy (non-hydrogen) atoms. The van der Waals surface area contributed by atoms with Crippen LogP contribution in [0.1, 0.15) is 38.9 Å². The van der Waals surface area contributed by atoms with Gasteiger partial charge in [0.1, 0.15) is 6.54 Å². The van der Waals surface area contributed by atoms with Gasteiger partial charge in [-0.2, -0.15) is 0 Å². The van der Waals surface area contributed by atoms with Crippen LogP contribution in [-0.4, -0.2) is 35.7 Å². The number of para-hydroxylation sites is 1. The average molecular weight is 436 g/mol. The van der Waals surface area contributed by atoms with Gasteiger partial charge >= 0.3 is 0 Å². The van der Waals surface area contributed by atoms with Crippen LogP contribution in [0.2, 0.25) is 0 Å². The number of anilines is 2. The Labute approximate surface area is 185 Å². The van der Waals surface area contributed by atoms with Crippen LogP contribution < -0.4 is 10.6 Å². The van der Waals surface area contributed by atoms with E-state index in [1.807, 2.05) is 49.6 Å². The van der Waals surface area contributed by atoms with Gasteiger partial charge in [0.25, 0.3) is 11.8 Å². The van der Waals surface area contributed by atoms with E-state index in [9.17, 15) is 14.4 Å². The molecule has 3 aromatic rings. The highest BCUT2D eigenvalue weighted by Gasteiger charge is 2.19. The molecule has 160 valence electrons. The summed E-state index contributed by atoms with van der Waals surface area (Å²) in [6, 6.07) is 17.8. The van der Waals surface area contributed by atoms with Gasteiger partial charge in [-0.05, 0) is 60.7 Å². The third kappa shape index (κ3) is 6.02. The van der Waals surface area contributed by atoms with E-state index in [4.69, 9.17) is 0 Å². The molecule has 0 radical (unpaired) electrons. The molecule has 2 aromatic carbocycles. The van der Waals surface area contributed by atoms with E-state index in [1.54, 1.807) is 30.3 Å². The summed E-state index contributed by atoms with van der Waals surface area (Å²) in [7, 11) is 0. The Balaban J connectivity index is 1.64. The number of thiophene rings is 1. The van der Waals surface area contributed by atoms with Gasteiger partial charge in [0.15, 0.2) is 0 Å². The van der Waals surface area contributed by atoms with Gasteiger partial charge in [-0.1, -0.05) is 31.2 Å². The predicted octanol–water partition coefficient (Wildman–Crippen LogP) is 4.80. The van der Waals surface area contributed by atoms with Crippen molar-refractivity contribution in [2.75, 3.05) is 23.7 Å².